The normalized spacial score (nSPS) is 25.1. The van der Waals surface area contributed by atoms with Crippen LogP contribution in [0.2, 0.25) is 0 Å². The van der Waals surface area contributed by atoms with Gasteiger partial charge in [-0.25, -0.2) is 22.0 Å². The maximum absolute atomic E-state index is 14.7. The molecule has 2 amide bonds. The van der Waals surface area contributed by atoms with Crippen molar-refractivity contribution in [2.24, 2.45) is 5.73 Å². The number of aliphatic hydroxyl groups excluding tert-OH is 2. The maximum Gasteiger partial charge on any atom is 0.259 e. The van der Waals surface area contributed by atoms with Gasteiger partial charge in [-0.1, -0.05) is 0 Å². The van der Waals surface area contributed by atoms with E-state index in [2.05, 4.69) is 5.32 Å². The Labute approximate surface area is 223 Å². The van der Waals surface area contributed by atoms with Gasteiger partial charge in [0.15, 0.2) is 35.7 Å². The van der Waals surface area contributed by atoms with E-state index in [0.717, 1.165) is 40.2 Å². The number of hydrogen-bond acceptors (Lipinski definition) is 7. The van der Waals surface area contributed by atoms with Crippen molar-refractivity contribution < 1.29 is 46.5 Å². The molecule has 2 aliphatic rings. The summed E-state index contributed by atoms with van der Waals surface area (Å²) in [6.07, 6.45) is -9.08. The number of nitrogens with one attached hydrogen (secondary N) is 1. The van der Waals surface area contributed by atoms with Gasteiger partial charge in [0.1, 0.15) is 18.3 Å². The van der Waals surface area contributed by atoms with Crippen molar-refractivity contribution in [2.45, 2.75) is 30.7 Å². The number of fused-ring (bicyclic) bond motifs is 10. The second kappa shape index (κ2) is 8.41. The lowest BCUT2D eigenvalue weighted by Crippen LogP contribution is -2.55. The van der Waals surface area contributed by atoms with Crippen LogP contribution in [-0.4, -0.2) is 57.6 Å². The summed E-state index contributed by atoms with van der Waals surface area (Å²) < 4.78 is 79.8. The van der Waals surface area contributed by atoms with E-state index in [0.29, 0.717) is 0 Å². The molecule has 40 heavy (non-hydrogen) atoms. The smallest absolute Gasteiger partial charge is 0.259 e. The number of nitrogens with two attached hydrogens (primary N) is 1. The van der Waals surface area contributed by atoms with Gasteiger partial charge in [0.05, 0.1) is 26.9 Å². The predicted octanol–water partition coefficient (Wildman–Crippen LogP) is 3.52. The zero-order valence-electron chi connectivity index (χ0n) is 19.8. The van der Waals surface area contributed by atoms with Crippen LogP contribution in [0.15, 0.2) is 24.3 Å². The van der Waals surface area contributed by atoms with Crippen LogP contribution in [0.5, 0.6) is 0 Å². The molecule has 1 saturated heterocycles. The number of aliphatic hydroxyl groups is 2. The second-order valence-corrected chi connectivity index (χ2v) is 10.8. The second-order valence-electron chi connectivity index (χ2n) is 9.71. The van der Waals surface area contributed by atoms with Gasteiger partial charge in [-0.05, 0) is 18.2 Å². The summed E-state index contributed by atoms with van der Waals surface area (Å²) in [5, 5.41) is 23.6. The van der Waals surface area contributed by atoms with E-state index in [1.807, 2.05) is 0 Å². The molecule has 5 unspecified atom stereocenters. The van der Waals surface area contributed by atoms with E-state index in [1.54, 1.807) is 0 Å². The van der Waals surface area contributed by atoms with Crippen LogP contribution in [0.1, 0.15) is 26.9 Å². The van der Waals surface area contributed by atoms with Gasteiger partial charge in [-0.3, -0.25) is 14.9 Å². The third-order valence-electron chi connectivity index (χ3n) is 7.55. The van der Waals surface area contributed by atoms with Gasteiger partial charge >= 0.3 is 0 Å². The Morgan fingerprint density at radius 2 is 1.50 bits per heavy atom. The van der Waals surface area contributed by atoms with E-state index in [-0.39, 0.29) is 53.1 Å². The lowest BCUT2D eigenvalue weighted by molar-refractivity contribution is -0.223. The lowest BCUT2D eigenvalue weighted by atomic mass is 9.96. The molecule has 0 saturated carbocycles. The predicted molar refractivity (Wildman–Crippen MR) is 134 cm³/mol. The van der Waals surface area contributed by atoms with Gasteiger partial charge in [0.25, 0.3) is 11.8 Å². The van der Waals surface area contributed by atoms with Crippen LogP contribution in [0.3, 0.4) is 0 Å². The fourth-order valence-corrected chi connectivity index (χ4v) is 7.06. The third-order valence-corrected chi connectivity index (χ3v) is 8.71. The summed E-state index contributed by atoms with van der Waals surface area (Å²) in [6.45, 7) is -0.412. The lowest BCUT2D eigenvalue weighted by Gasteiger charge is -2.40. The van der Waals surface area contributed by atoms with Gasteiger partial charge in [-0.2, -0.15) is 0 Å². The Hall–Kier alpha value is -3.69. The van der Waals surface area contributed by atoms with Crippen molar-refractivity contribution in [1.82, 2.24) is 9.88 Å². The number of amides is 2. The van der Waals surface area contributed by atoms with Crippen molar-refractivity contribution in [3.8, 4) is 0 Å². The Morgan fingerprint density at radius 1 is 0.900 bits per heavy atom. The molecule has 7 rings (SSSR count). The zero-order chi connectivity index (χ0) is 28.4. The molecule has 5 N–H and O–H groups in total. The molecule has 0 radical (unpaired) electrons. The van der Waals surface area contributed by atoms with Crippen LogP contribution in [-0.2, 0) is 4.74 Å². The van der Waals surface area contributed by atoms with Crippen molar-refractivity contribution in [2.75, 3.05) is 6.54 Å². The Bertz CT molecular complexity index is 1970. The number of benzene rings is 3. The third kappa shape index (κ3) is 3.13. The molecule has 3 aromatic carbocycles. The summed E-state index contributed by atoms with van der Waals surface area (Å²) in [5.41, 5.74) is 5.08. The summed E-state index contributed by atoms with van der Waals surface area (Å²) in [5.74, 6) is -6.72. The molecule has 5 atom stereocenters. The van der Waals surface area contributed by atoms with E-state index >= 15 is 0 Å². The summed E-state index contributed by atoms with van der Waals surface area (Å²) in [6, 6.07) is 3.34. The number of rotatable bonds is 2. The minimum Gasteiger partial charge on any atom is -0.387 e. The Balaban J connectivity index is 1.74. The van der Waals surface area contributed by atoms with Crippen LogP contribution < -0.4 is 11.1 Å². The highest BCUT2D eigenvalue weighted by Crippen LogP contribution is 2.49. The topological polar surface area (TPSA) is 127 Å². The Morgan fingerprint density at radius 3 is 2.17 bits per heavy atom. The van der Waals surface area contributed by atoms with Crippen molar-refractivity contribution in [3.63, 3.8) is 0 Å². The van der Waals surface area contributed by atoms with E-state index in [4.69, 9.17) is 10.5 Å². The molecule has 0 spiro atoms. The molecule has 206 valence electrons. The summed E-state index contributed by atoms with van der Waals surface area (Å²) in [7, 11) is 0. The van der Waals surface area contributed by atoms with Crippen LogP contribution in [0.4, 0.5) is 22.0 Å². The Kier molecular flexibility index (Phi) is 5.32. The van der Waals surface area contributed by atoms with Crippen molar-refractivity contribution in [3.05, 3.63) is 58.7 Å². The molecular formula is C26H16F5N3O5S. The number of aromatic nitrogens is 1. The molecular weight excluding hydrogens is 561 g/mol. The van der Waals surface area contributed by atoms with Crippen LogP contribution >= 0.6 is 11.3 Å². The number of nitrogens with zero attached hydrogens (tertiary/aromatic N) is 1. The first-order valence-electron chi connectivity index (χ1n) is 11.9. The molecule has 14 heteroatoms. The fraction of sp³-hybridized carbons (Fsp3) is 0.231. The SMILES string of the molecule is NCC1OC(n2c3cc(F)c(F)cc3c3c4c(c5c6cc(F)c(F)cc6sc5c32)C(=O)NC4=O)C(O)C(O)C1F. The number of ether oxygens (including phenoxy) is 1. The summed E-state index contributed by atoms with van der Waals surface area (Å²) in [4.78, 5) is 26.1. The first-order chi connectivity index (χ1) is 19.0. The van der Waals surface area contributed by atoms with Gasteiger partial charge in [-0.15, -0.1) is 11.3 Å². The number of halogens is 5. The monoisotopic (exact) mass is 577 g/mol. The molecule has 2 aromatic heterocycles. The minimum absolute atomic E-state index is 0.00458. The molecule has 1 fully saturated rings. The molecule has 0 aliphatic carbocycles. The number of carbonyl (C=O) groups is 2. The molecule has 5 aromatic rings. The number of alkyl halides is 1. The first kappa shape index (κ1) is 25.3. The minimum atomic E-state index is -2.08. The van der Waals surface area contributed by atoms with Gasteiger partial charge in [0, 0.05) is 38.9 Å². The average molecular weight is 577 g/mol. The highest BCUT2D eigenvalue weighted by atomic mass is 32.1. The number of imide groups is 1. The average Bonchev–Trinajstić information content (AvgIpc) is 3.52. The van der Waals surface area contributed by atoms with Gasteiger partial charge < -0.3 is 25.3 Å². The summed E-state index contributed by atoms with van der Waals surface area (Å²) >= 11 is 0.889. The molecule has 0 bridgehead atoms. The number of hydrogen-bond donors (Lipinski definition) is 4. The molecule has 8 nitrogen and oxygen atoms in total. The van der Waals surface area contributed by atoms with Crippen molar-refractivity contribution in [1.29, 1.82) is 0 Å². The fourth-order valence-electron chi connectivity index (χ4n) is 5.79. The molecule has 4 heterocycles. The quantitative estimate of drug-likeness (QED) is 0.188. The first-order valence-corrected chi connectivity index (χ1v) is 12.8. The highest BCUT2D eigenvalue weighted by Gasteiger charge is 2.47. The largest absolute Gasteiger partial charge is 0.387 e. The standard InChI is InChI=1S/C26H16F5N3O5S/c27-8-1-6-12(3-10(8)29)34(26-22(36)21(35)19(31)13(5-32)39-26)20-15(6)17-18(25(38)33-24(17)37)16-7-2-9(28)11(30)4-14(7)40-23(16)20/h1-4,13,19,21-22,26,35-36H,5,32H2,(H,33,37,38). The van der Waals surface area contributed by atoms with E-state index < -0.39 is 72.3 Å². The number of carbonyl (C=O) groups excluding carboxylic acids is 2. The van der Waals surface area contributed by atoms with E-state index in [9.17, 15) is 41.8 Å². The van der Waals surface area contributed by atoms with Crippen LogP contribution in [0, 0.1) is 23.3 Å². The van der Waals surface area contributed by atoms with Gasteiger partial charge in [0.2, 0.25) is 0 Å². The highest BCUT2D eigenvalue weighted by molar-refractivity contribution is 7.26. The van der Waals surface area contributed by atoms with Crippen LogP contribution in [0.25, 0.3) is 42.0 Å². The maximum atomic E-state index is 14.7. The van der Waals surface area contributed by atoms with E-state index in [1.165, 1.54) is 0 Å². The zero-order valence-corrected chi connectivity index (χ0v) is 20.7. The van der Waals surface area contributed by atoms with Crippen molar-refractivity contribution >= 4 is 65.1 Å². The molecule has 2 aliphatic heterocycles. The number of thiophene rings is 1.